The van der Waals surface area contributed by atoms with E-state index in [2.05, 4.69) is 24.2 Å². The number of likely N-dealkylation sites (tertiary alicyclic amines) is 1. The lowest BCUT2D eigenvalue weighted by atomic mass is 9.91. The van der Waals surface area contributed by atoms with Crippen LogP contribution in [0.2, 0.25) is 0 Å². The minimum absolute atomic E-state index is 0.0532. The maximum atomic E-state index is 12.5. The van der Waals surface area contributed by atoms with E-state index in [0.29, 0.717) is 39.0 Å². The molecular formula is C21H26N4O3. The first-order valence-electron chi connectivity index (χ1n) is 9.83. The molecule has 2 saturated heterocycles. The molecule has 0 saturated carbocycles. The van der Waals surface area contributed by atoms with Crippen molar-refractivity contribution in [3.63, 3.8) is 0 Å². The Balaban J connectivity index is 1.32. The molecule has 1 aromatic carbocycles. The molecule has 0 radical (unpaired) electrons. The molecule has 148 valence electrons. The molecule has 0 bridgehead atoms. The van der Waals surface area contributed by atoms with E-state index in [1.54, 1.807) is 17.1 Å². The zero-order chi connectivity index (χ0) is 19.6. The van der Waals surface area contributed by atoms with Crippen LogP contribution in [0.3, 0.4) is 0 Å². The molecule has 1 atom stereocenters. The number of benzene rings is 1. The van der Waals surface area contributed by atoms with Gasteiger partial charge in [0, 0.05) is 44.9 Å². The Kier molecular flexibility index (Phi) is 5.07. The van der Waals surface area contributed by atoms with Gasteiger partial charge in [0.1, 0.15) is 12.1 Å². The molecule has 7 nitrogen and oxygen atoms in total. The number of carbonyl (C=O) groups excluding carboxylic acids is 2. The summed E-state index contributed by atoms with van der Waals surface area (Å²) in [5, 5.41) is 4.09. The van der Waals surface area contributed by atoms with Gasteiger partial charge in [0.2, 0.25) is 5.91 Å². The van der Waals surface area contributed by atoms with Gasteiger partial charge in [-0.05, 0) is 17.5 Å². The standard InChI is InChI=1S/C21H26N4O3/c1-17(18-6-3-2-4-7-18)14-24-16-21(28-20(24)27)8-12-23(13-9-21)19(26)15-25-11-5-10-22-25/h2-7,10-11,17H,8-9,12-16H2,1H3/t17-/m0/s1. The quantitative estimate of drug-likeness (QED) is 0.797. The summed E-state index contributed by atoms with van der Waals surface area (Å²) in [5.74, 6) is 0.303. The highest BCUT2D eigenvalue weighted by Crippen LogP contribution is 2.34. The lowest BCUT2D eigenvalue weighted by Crippen LogP contribution is -2.49. The molecule has 2 aliphatic heterocycles. The summed E-state index contributed by atoms with van der Waals surface area (Å²) in [5.41, 5.74) is 0.756. The van der Waals surface area contributed by atoms with Gasteiger partial charge in [0.25, 0.3) is 0 Å². The molecule has 28 heavy (non-hydrogen) atoms. The van der Waals surface area contributed by atoms with Gasteiger partial charge in [-0.25, -0.2) is 4.79 Å². The second-order valence-electron chi connectivity index (χ2n) is 7.83. The summed E-state index contributed by atoms with van der Waals surface area (Å²) in [6.45, 7) is 4.84. The maximum Gasteiger partial charge on any atom is 0.410 e. The number of carbonyl (C=O) groups is 2. The predicted octanol–water partition coefficient (Wildman–Crippen LogP) is 2.50. The van der Waals surface area contributed by atoms with Gasteiger partial charge in [-0.1, -0.05) is 37.3 Å². The van der Waals surface area contributed by atoms with Crippen LogP contribution in [0.4, 0.5) is 4.79 Å². The van der Waals surface area contributed by atoms with Crippen LogP contribution in [-0.4, -0.2) is 63.4 Å². The number of ether oxygens (including phenoxy) is 1. The fourth-order valence-corrected chi connectivity index (χ4v) is 4.11. The van der Waals surface area contributed by atoms with E-state index in [1.165, 1.54) is 5.56 Å². The summed E-state index contributed by atoms with van der Waals surface area (Å²) in [7, 11) is 0. The summed E-state index contributed by atoms with van der Waals surface area (Å²) in [4.78, 5) is 28.6. The van der Waals surface area contributed by atoms with Crippen LogP contribution >= 0.6 is 0 Å². The van der Waals surface area contributed by atoms with E-state index in [1.807, 2.05) is 34.1 Å². The first-order valence-corrected chi connectivity index (χ1v) is 9.83. The van der Waals surface area contributed by atoms with E-state index >= 15 is 0 Å². The molecule has 4 rings (SSSR count). The Hall–Kier alpha value is -2.83. The number of aromatic nitrogens is 2. The number of rotatable bonds is 5. The van der Waals surface area contributed by atoms with E-state index in [4.69, 9.17) is 4.74 Å². The van der Waals surface area contributed by atoms with Crippen LogP contribution in [0.1, 0.15) is 31.2 Å². The third-order valence-corrected chi connectivity index (χ3v) is 5.79. The van der Waals surface area contributed by atoms with Crippen LogP contribution in [-0.2, 0) is 16.1 Å². The average molecular weight is 382 g/mol. The molecule has 2 amide bonds. The minimum atomic E-state index is -0.462. The Morgan fingerprint density at radius 1 is 1.21 bits per heavy atom. The number of hydrogen-bond acceptors (Lipinski definition) is 4. The van der Waals surface area contributed by atoms with Crippen LogP contribution in [0.25, 0.3) is 0 Å². The minimum Gasteiger partial charge on any atom is -0.441 e. The third-order valence-electron chi connectivity index (χ3n) is 5.79. The molecule has 2 aliphatic rings. The van der Waals surface area contributed by atoms with Crippen molar-refractivity contribution in [3.05, 3.63) is 54.4 Å². The molecule has 0 N–H and O–H groups in total. The Morgan fingerprint density at radius 2 is 1.96 bits per heavy atom. The van der Waals surface area contributed by atoms with Crippen LogP contribution in [0, 0.1) is 0 Å². The lowest BCUT2D eigenvalue weighted by Gasteiger charge is -2.37. The monoisotopic (exact) mass is 382 g/mol. The first kappa shape index (κ1) is 18.5. The highest BCUT2D eigenvalue weighted by Gasteiger charge is 2.47. The average Bonchev–Trinajstić information content (AvgIpc) is 3.31. The first-order chi connectivity index (χ1) is 13.5. The van der Waals surface area contributed by atoms with Crippen LogP contribution < -0.4 is 0 Å². The van der Waals surface area contributed by atoms with Gasteiger partial charge in [0.05, 0.1) is 6.54 Å². The Labute approximate surface area is 164 Å². The molecule has 0 unspecified atom stereocenters. The lowest BCUT2D eigenvalue weighted by molar-refractivity contribution is -0.135. The third kappa shape index (κ3) is 3.88. The molecule has 2 aromatic rings. The summed E-state index contributed by atoms with van der Waals surface area (Å²) < 4.78 is 7.44. The number of nitrogens with zero attached hydrogens (tertiary/aromatic N) is 4. The van der Waals surface area contributed by atoms with Crippen molar-refractivity contribution in [2.75, 3.05) is 26.2 Å². The Morgan fingerprint density at radius 3 is 2.64 bits per heavy atom. The smallest absolute Gasteiger partial charge is 0.410 e. The largest absolute Gasteiger partial charge is 0.441 e. The summed E-state index contributed by atoms with van der Waals surface area (Å²) >= 11 is 0. The zero-order valence-corrected chi connectivity index (χ0v) is 16.2. The Bertz CT molecular complexity index is 813. The van der Waals surface area contributed by atoms with Gasteiger partial charge in [-0.15, -0.1) is 0 Å². The second kappa shape index (κ2) is 7.66. The number of hydrogen-bond donors (Lipinski definition) is 0. The summed E-state index contributed by atoms with van der Waals surface area (Å²) in [6, 6.07) is 12.0. The van der Waals surface area contributed by atoms with Crippen molar-refractivity contribution in [3.8, 4) is 0 Å². The summed E-state index contributed by atoms with van der Waals surface area (Å²) in [6.07, 6.45) is 4.58. The highest BCUT2D eigenvalue weighted by molar-refractivity contribution is 5.76. The molecule has 1 aromatic heterocycles. The molecule has 7 heteroatoms. The van der Waals surface area contributed by atoms with Gasteiger partial charge >= 0.3 is 6.09 Å². The SMILES string of the molecule is C[C@@H](CN1CC2(CCN(C(=O)Cn3cccn3)CC2)OC1=O)c1ccccc1. The van der Waals surface area contributed by atoms with E-state index in [9.17, 15) is 9.59 Å². The molecule has 0 aliphatic carbocycles. The van der Waals surface area contributed by atoms with Gasteiger partial charge in [-0.2, -0.15) is 5.10 Å². The molecule has 1 spiro atoms. The number of piperidine rings is 1. The molecule has 2 fully saturated rings. The second-order valence-corrected chi connectivity index (χ2v) is 7.83. The normalized spacial score (nSPS) is 19.7. The van der Waals surface area contributed by atoms with Gasteiger partial charge in [-0.3, -0.25) is 9.48 Å². The maximum absolute atomic E-state index is 12.5. The van der Waals surface area contributed by atoms with Crippen LogP contribution in [0.15, 0.2) is 48.8 Å². The van der Waals surface area contributed by atoms with E-state index in [0.717, 1.165) is 0 Å². The molecule has 3 heterocycles. The number of amides is 2. The fourth-order valence-electron chi connectivity index (χ4n) is 4.11. The van der Waals surface area contributed by atoms with Crippen LogP contribution in [0.5, 0.6) is 0 Å². The van der Waals surface area contributed by atoms with Crippen molar-refractivity contribution in [2.24, 2.45) is 0 Å². The van der Waals surface area contributed by atoms with Crippen molar-refractivity contribution < 1.29 is 14.3 Å². The van der Waals surface area contributed by atoms with Crippen molar-refractivity contribution in [1.29, 1.82) is 0 Å². The van der Waals surface area contributed by atoms with Gasteiger partial charge in [0.15, 0.2) is 0 Å². The van der Waals surface area contributed by atoms with Crippen molar-refractivity contribution in [2.45, 2.75) is 37.8 Å². The fraction of sp³-hybridized carbons (Fsp3) is 0.476. The van der Waals surface area contributed by atoms with E-state index < -0.39 is 5.60 Å². The predicted molar refractivity (Wildman–Crippen MR) is 104 cm³/mol. The van der Waals surface area contributed by atoms with Crippen molar-refractivity contribution in [1.82, 2.24) is 19.6 Å². The molecular weight excluding hydrogens is 356 g/mol. The van der Waals surface area contributed by atoms with E-state index in [-0.39, 0.29) is 24.5 Å². The van der Waals surface area contributed by atoms with Gasteiger partial charge < -0.3 is 14.5 Å². The van der Waals surface area contributed by atoms with Crippen molar-refractivity contribution >= 4 is 12.0 Å². The zero-order valence-electron chi connectivity index (χ0n) is 16.2. The highest BCUT2D eigenvalue weighted by atomic mass is 16.6. The topological polar surface area (TPSA) is 67.7 Å².